The van der Waals surface area contributed by atoms with Gasteiger partial charge in [0.15, 0.2) is 11.5 Å². The summed E-state index contributed by atoms with van der Waals surface area (Å²) < 4.78 is 10.6. The summed E-state index contributed by atoms with van der Waals surface area (Å²) >= 11 is 0. The van der Waals surface area contributed by atoms with Crippen LogP contribution in [0.3, 0.4) is 0 Å². The average molecular weight is 238 g/mol. The Balaban J connectivity index is 2.51. The molecule has 1 aliphatic carbocycles. The molecule has 4 nitrogen and oxygen atoms in total. The minimum atomic E-state index is -0.0694. The molecule has 94 valence electrons. The molecular weight excluding hydrogens is 220 g/mol. The van der Waals surface area contributed by atoms with Crippen LogP contribution in [0.25, 0.3) is 0 Å². The summed E-state index contributed by atoms with van der Waals surface area (Å²) in [7, 11) is 3.19. The van der Waals surface area contributed by atoms with E-state index in [-0.39, 0.29) is 25.0 Å². The molecule has 2 N–H and O–H groups in total. The highest BCUT2D eigenvalue weighted by Gasteiger charge is 2.35. The van der Waals surface area contributed by atoms with E-state index in [4.69, 9.17) is 9.47 Å². The zero-order valence-electron chi connectivity index (χ0n) is 10.1. The molecule has 1 aromatic carbocycles. The summed E-state index contributed by atoms with van der Waals surface area (Å²) in [6.07, 6.45) is 0.775. The Kier molecular flexibility index (Phi) is 3.54. The number of rotatable bonds is 4. The van der Waals surface area contributed by atoms with E-state index in [1.165, 1.54) is 0 Å². The van der Waals surface area contributed by atoms with Gasteiger partial charge in [0, 0.05) is 18.1 Å². The van der Waals surface area contributed by atoms with Gasteiger partial charge in [-0.25, -0.2) is 0 Å². The molecular formula is C13H18O4. The Morgan fingerprint density at radius 2 is 1.94 bits per heavy atom. The summed E-state index contributed by atoms with van der Waals surface area (Å²) in [4.78, 5) is 0. The third kappa shape index (κ3) is 1.87. The maximum absolute atomic E-state index is 9.49. The van der Waals surface area contributed by atoms with Gasteiger partial charge in [0.05, 0.1) is 20.8 Å². The smallest absolute Gasteiger partial charge is 0.164 e. The molecule has 0 amide bonds. The SMILES string of the molecule is COc1ccc2c(c1OC)[C@H](CO)[C@H](CO)C2. The van der Waals surface area contributed by atoms with Crippen LogP contribution in [0.4, 0.5) is 0 Å². The lowest BCUT2D eigenvalue weighted by molar-refractivity contribution is 0.168. The number of aliphatic hydroxyl groups excluding tert-OH is 2. The average Bonchev–Trinajstić information content (AvgIpc) is 2.74. The highest BCUT2D eigenvalue weighted by atomic mass is 16.5. The second kappa shape index (κ2) is 4.94. The first-order valence-electron chi connectivity index (χ1n) is 5.72. The van der Waals surface area contributed by atoms with Crippen LogP contribution in [0.5, 0.6) is 11.5 Å². The molecule has 1 aliphatic rings. The van der Waals surface area contributed by atoms with E-state index in [2.05, 4.69) is 0 Å². The van der Waals surface area contributed by atoms with Crippen molar-refractivity contribution in [1.82, 2.24) is 0 Å². The van der Waals surface area contributed by atoms with Crippen molar-refractivity contribution in [3.05, 3.63) is 23.3 Å². The van der Waals surface area contributed by atoms with Crippen molar-refractivity contribution in [2.24, 2.45) is 5.92 Å². The molecule has 0 unspecified atom stereocenters. The lowest BCUT2D eigenvalue weighted by atomic mass is 9.93. The molecule has 0 spiro atoms. The molecule has 2 rings (SSSR count). The maximum Gasteiger partial charge on any atom is 0.164 e. The fraction of sp³-hybridized carbons (Fsp3) is 0.538. The zero-order chi connectivity index (χ0) is 12.4. The van der Waals surface area contributed by atoms with Crippen molar-refractivity contribution >= 4 is 0 Å². The van der Waals surface area contributed by atoms with E-state index in [0.29, 0.717) is 11.5 Å². The van der Waals surface area contributed by atoms with Crippen LogP contribution in [0, 0.1) is 5.92 Å². The quantitative estimate of drug-likeness (QED) is 0.819. The van der Waals surface area contributed by atoms with Gasteiger partial charge in [0.2, 0.25) is 0 Å². The molecule has 2 atom stereocenters. The molecule has 0 fully saturated rings. The number of benzene rings is 1. The number of aliphatic hydroxyl groups is 2. The van der Waals surface area contributed by atoms with E-state index in [1.807, 2.05) is 12.1 Å². The molecule has 0 bridgehead atoms. The molecule has 0 radical (unpaired) electrons. The minimum Gasteiger partial charge on any atom is -0.493 e. The predicted molar refractivity (Wildman–Crippen MR) is 63.7 cm³/mol. The number of hydrogen-bond acceptors (Lipinski definition) is 4. The molecule has 0 saturated heterocycles. The summed E-state index contributed by atoms with van der Waals surface area (Å²) in [5, 5.41) is 18.8. The largest absolute Gasteiger partial charge is 0.493 e. The molecule has 1 aromatic rings. The summed E-state index contributed by atoms with van der Waals surface area (Å²) in [6.45, 7) is 0.0904. The van der Waals surface area contributed by atoms with Crippen LogP contribution in [-0.4, -0.2) is 37.6 Å². The third-order valence-corrected chi connectivity index (χ3v) is 3.53. The Morgan fingerprint density at radius 3 is 2.47 bits per heavy atom. The van der Waals surface area contributed by atoms with E-state index < -0.39 is 0 Å². The van der Waals surface area contributed by atoms with Crippen molar-refractivity contribution < 1.29 is 19.7 Å². The summed E-state index contributed by atoms with van der Waals surface area (Å²) in [6, 6.07) is 3.85. The lowest BCUT2D eigenvalue weighted by Gasteiger charge is -2.18. The van der Waals surface area contributed by atoms with E-state index in [0.717, 1.165) is 17.5 Å². The van der Waals surface area contributed by atoms with Crippen molar-refractivity contribution in [2.45, 2.75) is 12.3 Å². The van der Waals surface area contributed by atoms with E-state index in [9.17, 15) is 10.2 Å². The predicted octanol–water partition coefficient (Wildman–Crippen LogP) is 0.944. The number of hydrogen-bond donors (Lipinski definition) is 2. The van der Waals surface area contributed by atoms with Crippen molar-refractivity contribution in [2.75, 3.05) is 27.4 Å². The van der Waals surface area contributed by atoms with Gasteiger partial charge in [-0.3, -0.25) is 0 Å². The van der Waals surface area contributed by atoms with Crippen LogP contribution in [0.1, 0.15) is 17.0 Å². The molecule has 0 saturated carbocycles. The Labute approximate surface area is 101 Å². The normalized spacial score (nSPS) is 22.4. The van der Waals surface area contributed by atoms with E-state index >= 15 is 0 Å². The maximum atomic E-state index is 9.49. The van der Waals surface area contributed by atoms with Gasteiger partial charge in [-0.05, 0) is 24.0 Å². The first kappa shape index (κ1) is 12.2. The number of methoxy groups -OCH3 is 2. The van der Waals surface area contributed by atoms with Gasteiger partial charge >= 0.3 is 0 Å². The number of fused-ring (bicyclic) bond motifs is 1. The highest BCUT2D eigenvalue weighted by molar-refractivity contribution is 5.55. The zero-order valence-corrected chi connectivity index (χ0v) is 10.1. The van der Waals surface area contributed by atoms with Crippen LogP contribution in [0.15, 0.2) is 12.1 Å². The monoisotopic (exact) mass is 238 g/mol. The summed E-state index contributed by atoms with van der Waals surface area (Å²) in [5.41, 5.74) is 2.11. The highest BCUT2D eigenvalue weighted by Crippen LogP contribution is 2.46. The molecule has 0 aromatic heterocycles. The summed E-state index contributed by atoms with van der Waals surface area (Å²) in [5.74, 6) is 1.35. The van der Waals surface area contributed by atoms with Gasteiger partial charge in [-0.15, -0.1) is 0 Å². The minimum absolute atomic E-state index is 0.0156. The van der Waals surface area contributed by atoms with E-state index in [1.54, 1.807) is 14.2 Å². The van der Waals surface area contributed by atoms with Crippen LogP contribution >= 0.6 is 0 Å². The van der Waals surface area contributed by atoms with Crippen molar-refractivity contribution in [3.8, 4) is 11.5 Å². The second-order valence-corrected chi connectivity index (χ2v) is 4.31. The van der Waals surface area contributed by atoms with Crippen molar-refractivity contribution in [1.29, 1.82) is 0 Å². The van der Waals surface area contributed by atoms with Crippen LogP contribution < -0.4 is 9.47 Å². The van der Waals surface area contributed by atoms with Crippen molar-refractivity contribution in [3.63, 3.8) is 0 Å². The second-order valence-electron chi connectivity index (χ2n) is 4.31. The first-order valence-corrected chi connectivity index (χ1v) is 5.72. The molecule has 0 heterocycles. The lowest BCUT2D eigenvalue weighted by Crippen LogP contribution is -2.16. The molecule has 4 heteroatoms. The third-order valence-electron chi connectivity index (χ3n) is 3.53. The first-order chi connectivity index (χ1) is 8.26. The fourth-order valence-corrected chi connectivity index (χ4v) is 2.67. The van der Waals surface area contributed by atoms with Gasteiger partial charge in [0.1, 0.15) is 0 Å². The fourth-order valence-electron chi connectivity index (χ4n) is 2.67. The Bertz CT molecular complexity index is 403. The van der Waals surface area contributed by atoms with Crippen LogP contribution in [0.2, 0.25) is 0 Å². The Morgan fingerprint density at radius 1 is 1.18 bits per heavy atom. The Hall–Kier alpha value is -1.26. The number of ether oxygens (including phenoxy) is 2. The van der Waals surface area contributed by atoms with Crippen LogP contribution in [-0.2, 0) is 6.42 Å². The van der Waals surface area contributed by atoms with Gasteiger partial charge in [0.25, 0.3) is 0 Å². The van der Waals surface area contributed by atoms with Gasteiger partial charge in [-0.2, -0.15) is 0 Å². The van der Waals surface area contributed by atoms with Gasteiger partial charge in [-0.1, -0.05) is 6.07 Å². The molecule has 17 heavy (non-hydrogen) atoms. The topological polar surface area (TPSA) is 58.9 Å². The molecule has 0 aliphatic heterocycles. The van der Waals surface area contributed by atoms with Gasteiger partial charge < -0.3 is 19.7 Å². The standard InChI is InChI=1S/C13H18O4/c1-16-11-4-3-8-5-9(6-14)10(7-15)12(8)13(11)17-2/h3-4,9-10,14-15H,5-7H2,1-2H3/t9-,10+/m0/s1.